The van der Waals surface area contributed by atoms with Crippen LogP contribution in [0.3, 0.4) is 0 Å². The maximum absolute atomic E-state index is 14.3. The van der Waals surface area contributed by atoms with Gasteiger partial charge < -0.3 is 4.74 Å². The van der Waals surface area contributed by atoms with Crippen molar-refractivity contribution in [3.8, 4) is 5.75 Å². The third kappa shape index (κ3) is 5.19. The van der Waals surface area contributed by atoms with E-state index in [-0.39, 0.29) is 10.8 Å². The minimum absolute atomic E-state index is 0.0950. The molecule has 0 heterocycles. The van der Waals surface area contributed by atoms with Crippen LogP contribution in [0.2, 0.25) is 0 Å². The zero-order valence-corrected chi connectivity index (χ0v) is 18.9. The van der Waals surface area contributed by atoms with Gasteiger partial charge in [0.25, 0.3) is 0 Å². The lowest BCUT2D eigenvalue weighted by Gasteiger charge is -2.15. The molecule has 0 fully saturated rings. The number of hydrogen-bond acceptors (Lipinski definition) is 5. The van der Waals surface area contributed by atoms with Gasteiger partial charge >= 0.3 is 6.36 Å². The molecule has 11 heteroatoms. The molecule has 0 aliphatic heterocycles. The predicted molar refractivity (Wildman–Crippen MR) is 111 cm³/mol. The van der Waals surface area contributed by atoms with Crippen LogP contribution in [0.15, 0.2) is 86.3 Å². The molecule has 5 nitrogen and oxygen atoms in total. The molecule has 176 valence electrons. The summed E-state index contributed by atoms with van der Waals surface area (Å²) in [6, 6.07) is 11.6. The molecule has 0 aliphatic rings. The van der Waals surface area contributed by atoms with Crippen molar-refractivity contribution in [2.75, 3.05) is 0 Å². The van der Waals surface area contributed by atoms with Crippen molar-refractivity contribution >= 4 is 19.7 Å². The summed E-state index contributed by atoms with van der Waals surface area (Å²) in [6.07, 6.45) is -5.16. The summed E-state index contributed by atoms with van der Waals surface area (Å²) in [6.45, 7) is 3.78. The van der Waals surface area contributed by atoms with Gasteiger partial charge in [0.2, 0.25) is 19.7 Å². The summed E-state index contributed by atoms with van der Waals surface area (Å²) in [4.78, 5) is -3.01. The first kappa shape index (κ1) is 24.7. The van der Waals surface area contributed by atoms with E-state index in [1.165, 1.54) is 24.3 Å². The molecule has 0 aromatic heterocycles. The fourth-order valence-electron chi connectivity index (χ4n) is 3.06. The van der Waals surface area contributed by atoms with E-state index in [9.17, 15) is 34.4 Å². The van der Waals surface area contributed by atoms with Gasteiger partial charge in [-0.25, -0.2) is 21.2 Å². The first-order valence-corrected chi connectivity index (χ1v) is 12.4. The van der Waals surface area contributed by atoms with Gasteiger partial charge in [-0.15, -0.1) is 13.2 Å². The van der Waals surface area contributed by atoms with E-state index in [0.29, 0.717) is 18.2 Å². The van der Waals surface area contributed by atoms with Crippen LogP contribution in [0.5, 0.6) is 5.75 Å². The number of benzene rings is 3. The highest BCUT2D eigenvalue weighted by molar-refractivity contribution is 7.94. The van der Waals surface area contributed by atoms with Crippen molar-refractivity contribution in [1.82, 2.24) is 0 Å². The van der Waals surface area contributed by atoms with Crippen LogP contribution in [-0.4, -0.2) is 23.2 Å². The average molecular weight is 503 g/mol. The van der Waals surface area contributed by atoms with Crippen molar-refractivity contribution in [3.05, 3.63) is 78.1 Å². The zero-order chi connectivity index (χ0) is 24.6. The number of rotatable bonds is 6. The van der Waals surface area contributed by atoms with Gasteiger partial charge in [0.05, 0.1) is 14.7 Å². The van der Waals surface area contributed by atoms with Crippen LogP contribution < -0.4 is 4.74 Å². The minimum Gasteiger partial charge on any atom is -0.406 e. The number of halogens is 4. The number of hydrogen-bond donors (Lipinski definition) is 0. The van der Waals surface area contributed by atoms with Gasteiger partial charge in [0.15, 0.2) is 0 Å². The number of sulfone groups is 2. The second-order valence-corrected chi connectivity index (χ2v) is 11.1. The normalized spacial score (nSPS) is 12.7. The van der Waals surface area contributed by atoms with Crippen LogP contribution in [0.4, 0.5) is 17.6 Å². The van der Waals surface area contributed by atoms with Crippen LogP contribution in [0, 0.1) is 5.82 Å². The van der Waals surface area contributed by atoms with Gasteiger partial charge in [0, 0.05) is 6.07 Å². The second-order valence-electron chi connectivity index (χ2n) is 7.32. The van der Waals surface area contributed by atoms with E-state index in [4.69, 9.17) is 0 Å². The lowest BCUT2D eigenvalue weighted by atomic mass is 10.0. The lowest BCUT2D eigenvalue weighted by molar-refractivity contribution is -0.274. The summed E-state index contributed by atoms with van der Waals surface area (Å²) in [5.41, 5.74) is 0.821. The maximum Gasteiger partial charge on any atom is 0.573 e. The molecule has 0 saturated heterocycles. The fraction of sp³-hybridized carbons (Fsp3) is 0.182. The molecular weight excluding hydrogens is 484 g/mol. The van der Waals surface area contributed by atoms with Crippen molar-refractivity contribution in [2.24, 2.45) is 0 Å². The van der Waals surface area contributed by atoms with E-state index >= 15 is 0 Å². The standard InChI is InChI=1S/C22H18F4O5S2/c1-14(2)15-7-10-17(11-8-15)32(27,28)20-12-9-16(31-22(24,25)26)13-21(20)33(29,30)19-6-4-3-5-18(19)23/h3-14H,1-2H3. The van der Waals surface area contributed by atoms with Crippen molar-refractivity contribution in [1.29, 1.82) is 0 Å². The Kier molecular flexibility index (Phi) is 6.58. The lowest BCUT2D eigenvalue weighted by Crippen LogP contribution is -2.18. The van der Waals surface area contributed by atoms with E-state index < -0.39 is 52.3 Å². The van der Waals surface area contributed by atoms with E-state index in [1.807, 2.05) is 13.8 Å². The molecule has 3 aromatic rings. The van der Waals surface area contributed by atoms with E-state index in [2.05, 4.69) is 4.74 Å². The molecule has 0 amide bonds. The molecule has 0 radical (unpaired) electrons. The predicted octanol–water partition coefficient (Wildman–Crippen LogP) is 5.51. The molecular formula is C22H18F4O5S2. The summed E-state index contributed by atoms with van der Waals surface area (Å²) < 4.78 is 109. The second kappa shape index (κ2) is 8.79. The molecule has 0 atom stereocenters. The molecule has 0 unspecified atom stereocenters. The quantitative estimate of drug-likeness (QED) is 0.415. The van der Waals surface area contributed by atoms with Gasteiger partial charge in [-0.3, -0.25) is 0 Å². The van der Waals surface area contributed by atoms with E-state index in [1.54, 1.807) is 12.1 Å². The Morgan fingerprint density at radius 3 is 1.91 bits per heavy atom. The third-order valence-electron chi connectivity index (χ3n) is 4.71. The van der Waals surface area contributed by atoms with Crippen LogP contribution in [0.25, 0.3) is 0 Å². The third-order valence-corrected chi connectivity index (χ3v) is 8.49. The highest BCUT2D eigenvalue weighted by atomic mass is 32.2. The van der Waals surface area contributed by atoms with Crippen molar-refractivity contribution in [2.45, 2.75) is 45.7 Å². The Labute approximate surface area is 188 Å². The largest absolute Gasteiger partial charge is 0.573 e. The van der Waals surface area contributed by atoms with E-state index in [0.717, 1.165) is 17.7 Å². The minimum atomic E-state index is -5.16. The fourth-order valence-corrected chi connectivity index (χ4v) is 6.46. The Morgan fingerprint density at radius 2 is 1.36 bits per heavy atom. The molecule has 0 bridgehead atoms. The highest BCUT2D eigenvalue weighted by Gasteiger charge is 2.35. The Morgan fingerprint density at radius 1 is 0.758 bits per heavy atom. The summed E-state index contributed by atoms with van der Waals surface area (Å²) in [5, 5.41) is 0. The summed E-state index contributed by atoms with van der Waals surface area (Å²) in [7, 11) is -9.41. The zero-order valence-electron chi connectivity index (χ0n) is 17.3. The van der Waals surface area contributed by atoms with Gasteiger partial charge in [-0.05, 0) is 47.9 Å². The van der Waals surface area contributed by atoms with Gasteiger partial charge in [0.1, 0.15) is 16.5 Å². The number of alkyl halides is 3. The molecule has 33 heavy (non-hydrogen) atoms. The van der Waals surface area contributed by atoms with Gasteiger partial charge in [-0.2, -0.15) is 0 Å². The smallest absolute Gasteiger partial charge is 0.406 e. The Hall–Kier alpha value is -2.92. The molecule has 3 aromatic carbocycles. The monoisotopic (exact) mass is 502 g/mol. The van der Waals surface area contributed by atoms with Crippen LogP contribution in [-0.2, 0) is 19.7 Å². The summed E-state index contributed by atoms with van der Waals surface area (Å²) in [5.74, 6) is -2.06. The van der Waals surface area contributed by atoms with Crippen molar-refractivity contribution < 1.29 is 39.1 Å². The SMILES string of the molecule is CC(C)c1ccc(S(=O)(=O)c2ccc(OC(F)(F)F)cc2S(=O)(=O)c2ccccc2F)cc1. The molecule has 0 saturated carbocycles. The van der Waals surface area contributed by atoms with Crippen LogP contribution >= 0.6 is 0 Å². The van der Waals surface area contributed by atoms with Crippen LogP contribution in [0.1, 0.15) is 25.3 Å². The first-order chi connectivity index (χ1) is 15.2. The molecule has 3 rings (SSSR count). The molecule has 0 spiro atoms. The van der Waals surface area contributed by atoms with Gasteiger partial charge in [-0.1, -0.05) is 38.1 Å². The molecule has 0 N–H and O–H groups in total. The maximum atomic E-state index is 14.3. The molecule has 0 aliphatic carbocycles. The topological polar surface area (TPSA) is 77.5 Å². The number of ether oxygens (including phenoxy) is 1. The average Bonchev–Trinajstić information content (AvgIpc) is 2.72. The Balaban J connectivity index is 2.26. The summed E-state index contributed by atoms with van der Waals surface area (Å²) >= 11 is 0. The van der Waals surface area contributed by atoms with Crippen molar-refractivity contribution in [3.63, 3.8) is 0 Å². The highest BCUT2D eigenvalue weighted by Crippen LogP contribution is 2.36. The first-order valence-electron chi connectivity index (χ1n) is 9.48. The Bertz CT molecular complexity index is 1380.